The van der Waals surface area contributed by atoms with Gasteiger partial charge < -0.3 is 10.1 Å². The highest BCUT2D eigenvalue weighted by Gasteiger charge is 2.54. The van der Waals surface area contributed by atoms with Crippen molar-refractivity contribution in [1.29, 1.82) is 0 Å². The van der Waals surface area contributed by atoms with Gasteiger partial charge in [0.25, 0.3) is 5.91 Å². The number of hydrogen-bond acceptors (Lipinski definition) is 4. The van der Waals surface area contributed by atoms with Gasteiger partial charge in [0.2, 0.25) is 0 Å². The summed E-state index contributed by atoms with van der Waals surface area (Å²) in [7, 11) is 0. The molecule has 4 rings (SSSR count). The molecule has 0 aromatic carbocycles. The smallest absolute Gasteiger partial charge is 0.309 e. The number of aromatic nitrogens is 1. The number of esters is 1. The minimum atomic E-state index is -0.132. The van der Waals surface area contributed by atoms with Gasteiger partial charge in [0.1, 0.15) is 11.8 Å². The van der Waals surface area contributed by atoms with Crippen LogP contribution in [0.5, 0.6) is 0 Å². The minimum Gasteiger partial charge on any atom is -0.462 e. The molecule has 1 aliphatic heterocycles. The summed E-state index contributed by atoms with van der Waals surface area (Å²) in [5.74, 6) is 1.61. The van der Waals surface area contributed by atoms with Gasteiger partial charge in [-0.2, -0.15) is 0 Å². The monoisotopic (exact) mass is 342 g/mol. The van der Waals surface area contributed by atoms with Crippen LogP contribution in [0.2, 0.25) is 0 Å². The quantitative estimate of drug-likeness (QED) is 0.858. The van der Waals surface area contributed by atoms with Crippen molar-refractivity contribution in [2.24, 2.45) is 29.6 Å². The van der Waals surface area contributed by atoms with E-state index in [0.717, 1.165) is 6.42 Å². The number of carbonyl (C=O) groups is 2. The van der Waals surface area contributed by atoms with Crippen molar-refractivity contribution in [2.75, 3.05) is 6.54 Å². The number of hydrogen-bond donors (Lipinski definition) is 1. The average molecular weight is 342 g/mol. The normalized spacial score (nSPS) is 36.9. The molecular weight excluding hydrogens is 316 g/mol. The van der Waals surface area contributed by atoms with Crippen LogP contribution in [0.3, 0.4) is 0 Å². The molecule has 0 spiro atoms. The molecule has 2 aliphatic carbocycles. The van der Waals surface area contributed by atoms with Crippen molar-refractivity contribution in [1.82, 2.24) is 10.3 Å². The Morgan fingerprint density at radius 2 is 2.16 bits per heavy atom. The van der Waals surface area contributed by atoms with E-state index in [1.807, 2.05) is 13.0 Å². The number of rotatable bonds is 3. The second kappa shape index (κ2) is 6.77. The summed E-state index contributed by atoms with van der Waals surface area (Å²) in [6.07, 6.45) is 7.50. The molecule has 0 radical (unpaired) electrons. The molecule has 3 aliphatic rings. The molecule has 3 fully saturated rings. The Morgan fingerprint density at radius 1 is 1.32 bits per heavy atom. The summed E-state index contributed by atoms with van der Waals surface area (Å²) in [6, 6.07) is 5.35. The maximum absolute atomic E-state index is 12.4. The van der Waals surface area contributed by atoms with Crippen LogP contribution in [0, 0.1) is 29.6 Å². The van der Waals surface area contributed by atoms with E-state index in [-0.39, 0.29) is 29.8 Å². The first-order valence-corrected chi connectivity index (χ1v) is 9.55. The van der Waals surface area contributed by atoms with Gasteiger partial charge in [-0.05, 0) is 49.7 Å². The molecule has 1 N–H and O–H groups in total. The molecule has 134 valence electrons. The predicted molar refractivity (Wildman–Crippen MR) is 92.7 cm³/mol. The zero-order valence-electron chi connectivity index (χ0n) is 14.7. The number of ether oxygens (including phenoxy) is 1. The topological polar surface area (TPSA) is 68.3 Å². The van der Waals surface area contributed by atoms with Crippen molar-refractivity contribution < 1.29 is 14.3 Å². The fraction of sp³-hybridized carbons (Fsp3) is 0.650. The molecule has 0 bridgehead atoms. The fourth-order valence-electron chi connectivity index (χ4n) is 5.52. The Hall–Kier alpha value is -1.91. The molecule has 1 aromatic rings. The number of carbonyl (C=O) groups excluding carboxylic acids is 2. The third-order valence-corrected chi connectivity index (χ3v) is 6.58. The second-order valence-corrected chi connectivity index (χ2v) is 7.86. The lowest BCUT2D eigenvalue weighted by Crippen LogP contribution is -2.48. The lowest BCUT2D eigenvalue weighted by atomic mass is 9.57. The first kappa shape index (κ1) is 16.6. The van der Waals surface area contributed by atoms with E-state index in [9.17, 15) is 9.59 Å². The summed E-state index contributed by atoms with van der Waals surface area (Å²) in [5, 5.41) is 3.08. The third kappa shape index (κ3) is 3.05. The van der Waals surface area contributed by atoms with E-state index in [1.165, 1.54) is 25.7 Å². The summed E-state index contributed by atoms with van der Waals surface area (Å²) in [6.45, 7) is 2.62. The Bertz CT molecular complexity index is 648. The van der Waals surface area contributed by atoms with Gasteiger partial charge in [-0.3, -0.25) is 14.6 Å². The van der Waals surface area contributed by atoms with Crippen molar-refractivity contribution in [2.45, 2.75) is 45.1 Å². The van der Waals surface area contributed by atoms with Gasteiger partial charge in [0.15, 0.2) is 0 Å². The minimum absolute atomic E-state index is 0.0195. The predicted octanol–water partition coefficient (Wildman–Crippen LogP) is 2.82. The van der Waals surface area contributed by atoms with E-state index in [4.69, 9.17) is 4.74 Å². The third-order valence-electron chi connectivity index (χ3n) is 6.58. The van der Waals surface area contributed by atoms with Gasteiger partial charge in [0, 0.05) is 18.7 Å². The average Bonchev–Trinajstić information content (AvgIpc) is 2.93. The summed E-state index contributed by atoms with van der Waals surface area (Å²) >= 11 is 0. The molecule has 5 nitrogen and oxygen atoms in total. The standard InChI is InChI=1S/C20H26N2O3/c1-12-18-15(20(24)25-12)10-13-6-2-3-7-14(13)16(18)11-22-19(23)17-8-4-5-9-21-17/h4-5,8-9,12-16,18H,2-3,6-7,10-11H2,1H3,(H,22,23)/t12-,13+,14-,15-,16+,18-/m0/s1. The van der Waals surface area contributed by atoms with Crippen LogP contribution >= 0.6 is 0 Å². The van der Waals surface area contributed by atoms with E-state index in [2.05, 4.69) is 10.3 Å². The number of cyclic esters (lactones) is 1. The highest BCUT2D eigenvalue weighted by atomic mass is 16.6. The molecule has 2 heterocycles. The number of nitrogens with one attached hydrogen (secondary N) is 1. The first-order valence-electron chi connectivity index (χ1n) is 9.55. The maximum Gasteiger partial charge on any atom is 0.309 e. The lowest BCUT2D eigenvalue weighted by Gasteiger charge is -2.46. The molecule has 1 saturated heterocycles. The largest absolute Gasteiger partial charge is 0.462 e. The van der Waals surface area contributed by atoms with Gasteiger partial charge in [-0.15, -0.1) is 0 Å². The van der Waals surface area contributed by atoms with Gasteiger partial charge in [-0.25, -0.2) is 0 Å². The molecule has 1 aromatic heterocycles. The molecule has 6 atom stereocenters. The van der Waals surface area contributed by atoms with E-state index in [1.54, 1.807) is 18.3 Å². The molecule has 5 heteroatoms. The zero-order valence-corrected chi connectivity index (χ0v) is 14.7. The van der Waals surface area contributed by atoms with Crippen LogP contribution in [0.4, 0.5) is 0 Å². The number of fused-ring (bicyclic) bond motifs is 2. The van der Waals surface area contributed by atoms with Crippen LogP contribution < -0.4 is 5.32 Å². The Morgan fingerprint density at radius 3 is 2.96 bits per heavy atom. The number of pyridine rings is 1. The lowest BCUT2D eigenvalue weighted by molar-refractivity contribution is -0.144. The second-order valence-electron chi connectivity index (χ2n) is 7.86. The Balaban J connectivity index is 1.52. The summed E-state index contributed by atoms with van der Waals surface area (Å²) in [4.78, 5) is 28.8. The van der Waals surface area contributed by atoms with Crippen LogP contribution in [0.1, 0.15) is 49.5 Å². The molecule has 1 amide bonds. The summed E-state index contributed by atoms with van der Waals surface area (Å²) < 4.78 is 5.57. The summed E-state index contributed by atoms with van der Waals surface area (Å²) in [5.41, 5.74) is 0.446. The first-order chi connectivity index (χ1) is 12.1. The number of nitrogens with zero attached hydrogens (tertiary/aromatic N) is 1. The Labute approximate surface area is 148 Å². The highest BCUT2D eigenvalue weighted by molar-refractivity contribution is 5.92. The van der Waals surface area contributed by atoms with E-state index >= 15 is 0 Å². The molecular formula is C20H26N2O3. The number of amides is 1. The van der Waals surface area contributed by atoms with E-state index in [0.29, 0.717) is 30.0 Å². The van der Waals surface area contributed by atoms with Crippen LogP contribution in [0.15, 0.2) is 24.4 Å². The maximum atomic E-state index is 12.4. The molecule has 25 heavy (non-hydrogen) atoms. The van der Waals surface area contributed by atoms with Gasteiger partial charge in [-0.1, -0.05) is 25.3 Å². The van der Waals surface area contributed by atoms with Crippen molar-refractivity contribution in [3.8, 4) is 0 Å². The molecule has 2 saturated carbocycles. The van der Waals surface area contributed by atoms with E-state index < -0.39 is 0 Å². The van der Waals surface area contributed by atoms with Gasteiger partial charge in [0.05, 0.1) is 5.92 Å². The zero-order chi connectivity index (χ0) is 17.4. The highest BCUT2D eigenvalue weighted by Crippen LogP contribution is 2.52. The van der Waals surface area contributed by atoms with Crippen LogP contribution in [-0.4, -0.2) is 29.5 Å². The molecule has 0 unspecified atom stereocenters. The van der Waals surface area contributed by atoms with Crippen molar-refractivity contribution in [3.63, 3.8) is 0 Å². The van der Waals surface area contributed by atoms with Crippen molar-refractivity contribution >= 4 is 11.9 Å². The van der Waals surface area contributed by atoms with Gasteiger partial charge >= 0.3 is 5.97 Å². The fourth-order valence-corrected chi connectivity index (χ4v) is 5.52. The SMILES string of the molecule is C[C@@H]1OC(=O)[C@H]2C[C@H]3CCCC[C@@H]3[C@@H](CNC(=O)c3ccccn3)[C@@H]12. The van der Waals surface area contributed by atoms with Crippen molar-refractivity contribution in [3.05, 3.63) is 30.1 Å². The Kier molecular flexibility index (Phi) is 4.48. The van der Waals surface area contributed by atoms with Crippen LogP contribution in [0.25, 0.3) is 0 Å². The van der Waals surface area contributed by atoms with Crippen LogP contribution in [-0.2, 0) is 9.53 Å².